The van der Waals surface area contributed by atoms with E-state index in [2.05, 4.69) is 10.6 Å². The Hall–Kier alpha value is -2.70. The average molecular weight is 359 g/mol. The maximum absolute atomic E-state index is 12.5. The molecule has 0 aromatic heterocycles. The number of imide groups is 1. The van der Waals surface area contributed by atoms with Crippen LogP contribution in [0, 0.1) is 0 Å². The first-order valence-corrected chi connectivity index (χ1v) is 8.80. The summed E-state index contributed by atoms with van der Waals surface area (Å²) >= 11 is 0. The van der Waals surface area contributed by atoms with Crippen LogP contribution in [-0.4, -0.2) is 46.7 Å². The molecule has 26 heavy (non-hydrogen) atoms. The maximum Gasteiger partial charge on any atom is 0.325 e. The molecule has 0 bridgehead atoms. The molecule has 4 amide bonds. The van der Waals surface area contributed by atoms with Gasteiger partial charge in [-0.3, -0.25) is 19.3 Å². The number of nitrogens with one attached hydrogen (secondary N) is 2. The molecule has 2 rings (SSSR count). The molecule has 140 valence electrons. The molecule has 0 spiro atoms. The van der Waals surface area contributed by atoms with Crippen molar-refractivity contribution < 1.29 is 19.2 Å². The highest BCUT2D eigenvalue weighted by atomic mass is 16.2. The highest BCUT2D eigenvalue weighted by molar-refractivity contribution is 6.09. The van der Waals surface area contributed by atoms with Crippen LogP contribution in [0.1, 0.15) is 39.2 Å². The summed E-state index contributed by atoms with van der Waals surface area (Å²) in [6.45, 7) is 4.64. The van der Waals surface area contributed by atoms with Gasteiger partial charge in [-0.15, -0.1) is 0 Å². The molecule has 1 aromatic rings. The van der Waals surface area contributed by atoms with Crippen molar-refractivity contribution in [2.75, 3.05) is 6.54 Å². The smallest absolute Gasteiger partial charge is 0.325 e. The molecule has 2 N–H and O–H groups in total. The molecule has 0 radical (unpaired) electrons. The van der Waals surface area contributed by atoms with Crippen molar-refractivity contribution in [1.82, 2.24) is 15.5 Å². The minimum atomic E-state index is -0.943. The topological polar surface area (TPSA) is 95.6 Å². The van der Waals surface area contributed by atoms with Crippen LogP contribution in [0.25, 0.3) is 0 Å². The van der Waals surface area contributed by atoms with E-state index in [1.165, 1.54) is 6.92 Å². The van der Waals surface area contributed by atoms with Crippen molar-refractivity contribution in [3.05, 3.63) is 35.9 Å². The lowest BCUT2D eigenvalue weighted by Crippen LogP contribution is -2.49. The highest BCUT2D eigenvalue weighted by Gasteiger charge is 2.49. The average Bonchev–Trinajstić information content (AvgIpc) is 2.86. The van der Waals surface area contributed by atoms with Crippen molar-refractivity contribution >= 4 is 23.6 Å². The largest absolute Gasteiger partial charge is 0.344 e. The van der Waals surface area contributed by atoms with Crippen LogP contribution in [0.15, 0.2) is 30.3 Å². The van der Waals surface area contributed by atoms with E-state index in [-0.39, 0.29) is 5.78 Å². The Balaban J connectivity index is 2.03. The number of rotatable bonds is 8. The zero-order valence-corrected chi connectivity index (χ0v) is 15.4. The third kappa shape index (κ3) is 4.09. The summed E-state index contributed by atoms with van der Waals surface area (Å²) in [5.41, 5.74) is -0.0274. The Kier molecular flexibility index (Phi) is 6.13. The SMILES string of the molecule is CCC1(CC)NC(=O)N(CC(=O)N[C@@H](Cc2ccccc2)C(C)=O)C1=O. The molecule has 1 fully saturated rings. The number of carbonyl (C=O) groups excluding carboxylic acids is 4. The van der Waals surface area contributed by atoms with Gasteiger partial charge in [-0.25, -0.2) is 4.79 Å². The van der Waals surface area contributed by atoms with Gasteiger partial charge in [-0.1, -0.05) is 44.2 Å². The van der Waals surface area contributed by atoms with Gasteiger partial charge < -0.3 is 10.6 Å². The summed E-state index contributed by atoms with van der Waals surface area (Å²) in [6, 6.07) is 8.06. The van der Waals surface area contributed by atoms with Gasteiger partial charge in [-0.2, -0.15) is 0 Å². The predicted octanol–water partition coefficient (Wildman–Crippen LogP) is 1.41. The highest BCUT2D eigenvalue weighted by Crippen LogP contribution is 2.24. The van der Waals surface area contributed by atoms with E-state index in [4.69, 9.17) is 0 Å². The second-order valence-corrected chi connectivity index (χ2v) is 6.53. The molecule has 0 aliphatic carbocycles. The van der Waals surface area contributed by atoms with E-state index in [9.17, 15) is 19.2 Å². The molecular weight excluding hydrogens is 334 g/mol. The minimum absolute atomic E-state index is 0.184. The van der Waals surface area contributed by atoms with Crippen LogP contribution in [0.2, 0.25) is 0 Å². The van der Waals surface area contributed by atoms with Gasteiger partial charge in [0.25, 0.3) is 5.91 Å². The number of hydrogen-bond donors (Lipinski definition) is 2. The van der Waals surface area contributed by atoms with Gasteiger partial charge in [0.15, 0.2) is 5.78 Å². The number of carbonyl (C=O) groups is 4. The fourth-order valence-electron chi connectivity index (χ4n) is 3.08. The Morgan fingerprint density at radius 2 is 1.77 bits per heavy atom. The minimum Gasteiger partial charge on any atom is -0.344 e. The molecule has 1 saturated heterocycles. The van der Waals surface area contributed by atoms with Crippen LogP contribution in [0.5, 0.6) is 0 Å². The number of ketones is 1. The van der Waals surface area contributed by atoms with Crippen molar-refractivity contribution in [2.45, 2.75) is 51.6 Å². The number of benzene rings is 1. The number of nitrogens with zero attached hydrogens (tertiary/aromatic N) is 1. The van der Waals surface area contributed by atoms with Crippen LogP contribution in [-0.2, 0) is 20.8 Å². The van der Waals surface area contributed by atoms with Crippen LogP contribution < -0.4 is 10.6 Å². The fraction of sp³-hybridized carbons (Fsp3) is 0.474. The standard InChI is InChI=1S/C19H25N3O4/c1-4-19(5-2)17(25)22(18(26)21-19)12-16(24)20-15(13(3)23)11-14-9-7-6-8-10-14/h6-10,15H,4-5,11-12H2,1-3H3,(H,20,24)(H,21,26)/t15-/m0/s1. The molecule has 0 unspecified atom stereocenters. The van der Waals surface area contributed by atoms with Crippen molar-refractivity contribution in [2.24, 2.45) is 0 Å². The number of Topliss-reactive ketones (excluding diaryl/α,β-unsaturated/α-hetero) is 1. The molecule has 1 atom stereocenters. The van der Waals surface area contributed by atoms with Crippen LogP contribution >= 0.6 is 0 Å². The zero-order chi connectivity index (χ0) is 19.3. The first-order chi connectivity index (χ1) is 12.3. The maximum atomic E-state index is 12.5. The van der Waals surface area contributed by atoms with Crippen LogP contribution in [0.3, 0.4) is 0 Å². The first-order valence-electron chi connectivity index (χ1n) is 8.80. The third-order valence-electron chi connectivity index (χ3n) is 4.86. The molecule has 7 nitrogen and oxygen atoms in total. The third-order valence-corrected chi connectivity index (χ3v) is 4.86. The Labute approximate surface area is 153 Å². The lowest BCUT2D eigenvalue weighted by Gasteiger charge is -2.23. The van der Waals surface area contributed by atoms with Gasteiger partial charge in [0, 0.05) is 0 Å². The second-order valence-electron chi connectivity index (χ2n) is 6.53. The molecular formula is C19H25N3O4. The van der Waals surface area contributed by atoms with E-state index >= 15 is 0 Å². The van der Waals surface area contributed by atoms with E-state index in [1.54, 1.807) is 0 Å². The Morgan fingerprint density at radius 1 is 1.15 bits per heavy atom. The summed E-state index contributed by atoms with van der Waals surface area (Å²) in [4.78, 5) is 49.8. The van der Waals surface area contributed by atoms with E-state index in [0.29, 0.717) is 19.3 Å². The normalized spacial score (nSPS) is 17.0. The molecule has 0 saturated carbocycles. The van der Waals surface area contributed by atoms with Crippen molar-refractivity contribution in [3.8, 4) is 0 Å². The number of amides is 4. The van der Waals surface area contributed by atoms with E-state index in [0.717, 1.165) is 10.5 Å². The lowest BCUT2D eigenvalue weighted by molar-refractivity contribution is -0.135. The van der Waals surface area contributed by atoms with Gasteiger partial charge in [0.2, 0.25) is 5.91 Å². The summed E-state index contributed by atoms with van der Waals surface area (Å²) in [5, 5.41) is 5.31. The molecule has 1 aromatic carbocycles. The van der Waals surface area contributed by atoms with Gasteiger partial charge in [-0.05, 0) is 31.7 Å². The zero-order valence-electron chi connectivity index (χ0n) is 15.4. The first kappa shape index (κ1) is 19.6. The van der Waals surface area contributed by atoms with E-state index in [1.807, 2.05) is 44.2 Å². The van der Waals surface area contributed by atoms with E-state index < -0.39 is 36.0 Å². The van der Waals surface area contributed by atoms with Crippen LogP contribution in [0.4, 0.5) is 4.79 Å². The Morgan fingerprint density at radius 3 is 2.27 bits per heavy atom. The van der Waals surface area contributed by atoms with Crippen molar-refractivity contribution in [1.29, 1.82) is 0 Å². The van der Waals surface area contributed by atoms with Gasteiger partial charge in [0.05, 0.1) is 6.04 Å². The summed E-state index contributed by atoms with van der Waals surface area (Å²) in [6.07, 6.45) is 1.27. The molecule has 1 heterocycles. The van der Waals surface area contributed by atoms with Gasteiger partial charge in [0.1, 0.15) is 12.1 Å². The Bertz CT molecular complexity index is 698. The second kappa shape index (κ2) is 8.12. The number of hydrogen-bond acceptors (Lipinski definition) is 4. The fourth-order valence-corrected chi connectivity index (χ4v) is 3.08. The van der Waals surface area contributed by atoms with Gasteiger partial charge >= 0.3 is 6.03 Å². The number of urea groups is 1. The summed E-state index contributed by atoms with van der Waals surface area (Å²) < 4.78 is 0. The summed E-state index contributed by atoms with van der Waals surface area (Å²) in [7, 11) is 0. The molecule has 1 aliphatic heterocycles. The molecule has 1 aliphatic rings. The summed E-state index contributed by atoms with van der Waals surface area (Å²) in [5.74, 6) is -1.12. The molecule has 7 heteroatoms. The predicted molar refractivity (Wildman–Crippen MR) is 96.3 cm³/mol. The monoisotopic (exact) mass is 359 g/mol. The lowest BCUT2D eigenvalue weighted by atomic mass is 9.93. The van der Waals surface area contributed by atoms with Crippen molar-refractivity contribution in [3.63, 3.8) is 0 Å². The quantitative estimate of drug-likeness (QED) is 0.686.